The predicted octanol–water partition coefficient (Wildman–Crippen LogP) is 3.51. The molecule has 0 radical (unpaired) electrons. The minimum Gasteiger partial charge on any atom is -0.378 e. The monoisotopic (exact) mass is 432 g/mol. The van der Waals surface area contributed by atoms with Crippen LogP contribution >= 0.6 is 0 Å². The maximum absolute atomic E-state index is 5.44. The third-order valence-electron chi connectivity index (χ3n) is 5.52. The fourth-order valence-corrected chi connectivity index (χ4v) is 3.78. The van der Waals surface area contributed by atoms with E-state index in [1.807, 2.05) is 31.4 Å². The second kappa shape index (κ2) is 10.8. The van der Waals surface area contributed by atoms with E-state index in [1.54, 1.807) is 0 Å². The lowest BCUT2D eigenvalue weighted by Gasteiger charge is -2.28. The Morgan fingerprint density at radius 2 is 1.88 bits per heavy atom. The Labute approximate surface area is 190 Å². The zero-order valence-corrected chi connectivity index (χ0v) is 18.9. The topological polar surface area (TPSA) is 68.8 Å². The number of nitrogens with zero attached hydrogens (tertiary/aromatic N) is 4. The van der Waals surface area contributed by atoms with Crippen molar-refractivity contribution in [2.24, 2.45) is 4.99 Å². The minimum absolute atomic E-state index is 0.628. The average Bonchev–Trinajstić information content (AvgIpc) is 3.31. The van der Waals surface area contributed by atoms with Gasteiger partial charge in [0.25, 0.3) is 0 Å². The van der Waals surface area contributed by atoms with E-state index in [0.717, 1.165) is 55.9 Å². The Bertz CT molecular complexity index is 993. The molecular weight excluding hydrogens is 400 g/mol. The maximum atomic E-state index is 5.44. The van der Waals surface area contributed by atoms with E-state index in [1.165, 1.54) is 11.3 Å². The van der Waals surface area contributed by atoms with E-state index in [0.29, 0.717) is 13.1 Å². The first kappa shape index (κ1) is 21.9. The van der Waals surface area contributed by atoms with Crippen LogP contribution in [-0.2, 0) is 17.8 Å². The molecule has 2 heterocycles. The summed E-state index contributed by atoms with van der Waals surface area (Å²) in [5.41, 5.74) is 4.60. The summed E-state index contributed by atoms with van der Waals surface area (Å²) in [6.07, 6.45) is 1.89. The standard InChI is InChI=1S/C25H32N6O/c1-3-26-25(28-17-20-9-11-22(12-10-20)31-13-15-32-16-14-31)30(2)19-24-27-18-23(29-24)21-7-5-4-6-8-21/h4-12,18H,3,13-17,19H2,1-2H3,(H,26,28)(H,27,29). The molecule has 2 aromatic carbocycles. The van der Waals surface area contributed by atoms with Gasteiger partial charge in [0.05, 0.1) is 38.2 Å². The first-order valence-electron chi connectivity index (χ1n) is 11.2. The van der Waals surface area contributed by atoms with Crippen LogP contribution in [0.1, 0.15) is 18.3 Å². The number of benzene rings is 2. The van der Waals surface area contributed by atoms with Crippen molar-refractivity contribution < 1.29 is 4.74 Å². The van der Waals surface area contributed by atoms with Crippen LogP contribution in [0.4, 0.5) is 5.69 Å². The van der Waals surface area contributed by atoms with Crippen LogP contribution in [0.2, 0.25) is 0 Å². The second-order valence-electron chi connectivity index (χ2n) is 7.90. The largest absolute Gasteiger partial charge is 0.378 e. The first-order chi connectivity index (χ1) is 15.7. The van der Waals surface area contributed by atoms with Gasteiger partial charge < -0.3 is 24.8 Å². The number of hydrogen-bond donors (Lipinski definition) is 2. The van der Waals surface area contributed by atoms with Crippen molar-refractivity contribution in [1.29, 1.82) is 0 Å². The van der Waals surface area contributed by atoms with E-state index >= 15 is 0 Å². The smallest absolute Gasteiger partial charge is 0.194 e. The minimum atomic E-state index is 0.628. The lowest BCUT2D eigenvalue weighted by Crippen LogP contribution is -2.38. The summed E-state index contributed by atoms with van der Waals surface area (Å²) in [7, 11) is 2.04. The summed E-state index contributed by atoms with van der Waals surface area (Å²) in [4.78, 5) is 17.3. The van der Waals surface area contributed by atoms with Crippen LogP contribution in [0.3, 0.4) is 0 Å². The van der Waals surface area contributed by atoms with E-state index in [-0.39, 0.29) is 0 Å². The van der Waals surface area contributed by atoms with Gasteiger partial charge in [-0.15, -0.1) is 0 Å². The zero-order valence-electron chi connectivity index (χ0n) is 18.9. The highest BCUT2D eigenvalue weighted by atomic mass is 16.5. The molecule has 1 saturated heterocycles. The van der Waals surface area contributed by atoms with E-state index in [2.05, 4.69) is 68.4 Å². The third kappa shape index (κ3) is 5.68. The molecule has 7 nitrogen and oxygen atoms in total. The number of anilines is 1. The average molecular weight is 433 g/mol. The lowest BCUT2D eigenvalue weighted by molar-refractivity contribution is 0.122. The highest BCUT2D eigenvalue weighted by molar-refractivity contribution is 5.79. The SMILES string of the molecule is CCNC(=NCc1ccc(N2CCOCC2)cc1)N(C)Cc1ncc(-c2ccccc2)[nH]1. The van der Waals surface area contributed by atoms with Gasteiger partial charge in [0.2, 0.25) is 0 Å². The molecule has 168 valence electrons. The van der Waals surface area contributed by atoms with Gasteiger partial charge in [-0.1, -0.05) is 42.5 Å². The van der Waals surface area contributed by atoms with Gasteiger partial charge in [0.1, 0.15) is 5.82 Å². The number of aromatic amines is 1. The number of H-pyrrole nitrogens is 1. The molecule has 0 aliphatic carbocycles. The predicted molar refractivity (Wildman–Crippen MR) is 130 cm³/mol. The summed E-state index contributed by atoms with van der Waals surface area (Å²) in [6, 6.07) is 18.9. The molecule has 3 aromatic rings. The molecular formula is C25H32N6O. The molecule has 0 bridgehead atoms. The summed E-state index contributed by atoms with van der Waals surface area (Å²) in [6.45, 7) is 7.67. The van der Waals surface area contributed by atoms with Crippen molar-refractivity contribution >= 4 is 11.6 Å². The number of rotatable bonds is 7. The molecule has 1 fully saturated rings. The molecule has 0 amide bonds. The highest BCUT2D eigenvalue weighted by Gasteiger charge is 2.12. The number of nitrogens with one attached hydrogen (secondary N) is 2. The molecule has 1 aromatic heterocycles. The number of aromatic nitrogens is 2. The number of guanidine groups is 1. The molecule has 1 aliphatic rings. The van der Waals surface area contributed by atoms with Gasteiger partial charge in [-0.2, -0.15) is 0 Å². The number of ether oxygens (including phenoxy) is 1. The van der Waals surface area contributed by atoms with Crippen LogP contribution in [0.15, 0.2) is 65.8 Å². The van der Waals surface area contributed by atoms with E-state index < -0.39 is 0 Å². The molecule has 0 saturated carbocycles. The molecule has 0 atom stereocenters. The van der Waals surface area contributed by atoms with Crippen LogP contribution in [-0.4, -0.2) is 60.7 Å². The Balaban J connectivity index is 1.38. The quantitative estimate of drug-likeness (QED) is 0.442. The molecule has 4 rings (SSSR count). The highest BCUT2D eigenvalue weighted by Crippen LogP contribution is 2.18. The van der Waals surface area contributed by atoms with Crippen molar-refractivity contribution in [1.82, 2.24) is 20.2 Å². The Hall–Kier alpha value is -3.32. The van der Waals surface area contributed by atoms with Gasteiger partial charge in [-0.25, -0.2) is 9.98 Å². The Morgan fingerprint density at radius 3 is 2.59 bits per heavy atom. The van der Waals surface area contributed by atoms with Crippen LogP contribution < -0.4 is 10.2 Å². The zero-order chi connectivity index (χ0) is 22.2. The maximum Gasteiger partial charge on any atom is 0.194 e. The van der Waals surface area contributed by atoms with Crippen molar-refractivity contribution in [3.63, 3.8) is 0 Å². The molecule has 1 aliphatic heterocycles. The summed E-state index contributed by atoms with van der Waals surface area (Å²) in [5.74, 6) is 1.77. The van der Waals surface area contributed by atoms with Gasteiger partial charge in [-0.05, 0) is 30.2 Å². The van der Waals surface area contributed by atoms with Gasteiger partial charge in [0.15, 0.2) is 5.96 Å². The van der Waals surface area contributed by atoms with Gasteiger partial charge in [-0.3, -0.25) is 0 Å². The molecule has 7 heteroatoms. The molecule has 32 heavy (non-hydrogen) atoms. The Morgan fingerprint density at radius 1 is 1.12 bits per heavy atom. The number of aliphatic imine (C=N–C) groups is 1. The van der Waals surface area contributed by atoms with Crippen LogP contribution in [0.25, 0.3) is 11.3 Å². The number of hydrogen-bond acceptors (Lipinski definition) is 4. The van der Waals surface area contributed by atoms with E-state index in [9.17, 15) is 0 Å². The normalized spacial score (nSPS) is 14.4. The fraction of sp³-hybridized carbons (Fsp3) is 0.360. The van der Waals surface area contributed by atoms with Crippen molar-refractivity contribution in [2.75, 3.05) is 44.8 Å². The molecule has 0 unspecified atom stereocenters. The lowest BCUT2D eigenvalue weighted by atomic mass is 10.2. The van der Waals surface area contributed by atoms with Gasteiger partial charge in [0, 0.05) is 32.4 Å². The Kier molecular flexibility index (Phi) is 7.40. The first-order valence-corrected chi connectivity index (χ1v) is 11.2. The van der Waals surface area contributed by atoms with Crippen molar-refractivity contribution in [3.05, 3.63) is 72.2 Å². The summed E-state index contributed by atoms with van der Waals surface area (Å²) >= 11 is 0. The number of morpholine rings is 1. The van der Waals surface area contributed by atoms with Gasteiger partial charge >= 0.3 is 0 Å². The molecule has 2 N–H and O–H groups in total. The van der Waals surface area contributed by atoms with Crippen LogP contribution in [0.5, 0.6) is 0 Å². The summed E-state index contributed by atoms with van der Waals surface area (Å²) in [5, 5.41) is 3.39. The van der Waals surface area contributed by atoms with Crippen LogP contribution in [0, 0.1) is 0 Å². The fourth-order valence-electron chi connectivity index (χ4n) is 3.78. The van der Waals surface area contributed by atoms with Crippen molar-refractivity contribution in [2.45, 2.75) is 20.0 Å². The second-order valence-corrected chi connectivity index (χ2v) is 7.90. The summed E-state index contributed by atoms with van der Waals surface area (Å²) < 4.78 is 5.44. The van der Waals surface area contributed by atoms with E-state index in [4.69, 9.17) is 9.73 Å². The molecule has 0 spiro atoms. The van der Waals surface area contributed by atoms with Crippen molar-refractivity contribution in [3.8, 4) is 11.3 Å². The number of imidazole rings is 1. The third-order valence-corrected chi connectivity index (χ3v) is 5.52.